The average molecular weight is 421 g/mol. The Morgan fingerprint density at radius 1 is 1.23 bits per heavy atom. The first-order valence-corrected chi connectivity index (χ1v) is 10.6. The number of aryl methyl sites for hydroxylation is 1. The van der Waals surface area contributed by atoms with Gasteiger partial charge in [-0.2, -0.15) is 0 Å². The molecule has 1 atom stereocenters. The minimum absolute atomic E-state index is 0.0674. The maximum absolute atomic E-state index is 13.2. The zero-order valence-corrected chi connectivity index (χ0v) is 18.0. The van der Waals surface area contributed by atoms with Crippen LogP contribution in [0.25, 0.3) is 5.65 Å². The Morgan fingerprint density at radius 3 is 2.71 bits per heavy atom. The number of fused-ring (bicyclic) bond motifs is 1. The van der Waals surface area contributed by atoms with Crippen molar-refractivity contribution in [2.75, 3.05) is 20.2 Å². The normalized spacial score (nSPS) is 15.7. The predicted octanol–water partition coefficient (Wildman–Crippen LogP) is 2.90. The molecule has 7 heteroatoms. The summed E-state index contributed by atoms with van der Waals surface area (Å²) in [5.74, 6) is 0.233. The summed E-state index contributed by atoms with van der Waals surface area (Å²) in [5, 5.41) is 0. The SMILES string of the molecule is COc1cccc(C(CC(=O)N2CCC(C(N)=O)CC2)c2cnc3cc(C)ccn23)c1. The molecule has 0 bridgehead atoms. The number of carbonyl (C=O) groups is 2. The number of imidazole rings is 1. The van der Waals surface area contributed by atoms with Crippen LogP contribution in [0.5, 0.6) is 5.75 Å². The number of amides is 2. The Labute approximate surface area is 181 Å². The van der Waals surface area contributed by atoms with E-state index in [1.165, 1.54) is 0 Å². The van der Waals surface area contributed by atoms with Gasteiger partial charge in [0.05, 0.1) is 12.8 Å². The largest absolute Gasteiger partial charge is 0.497 e. The molecule has 31 heavy (non-hydrogen) atoms. The summed E-state index contributed by atoms with van der Waals surface area (Å²) in [4.78, 5) is 31.1. The minimum atomic E-state index is -0.276. The number of hydrogen-bond donors (Lipinski definition) is 1. The van der Waals surface area contributed by atoms with Gasteiger partial charge in [0.25, 0.3) is 0 Å². The molecule has 7 nitrogen and oxygen atoms in total. The van der Waals surface area contributed by atoms with Gasteiger partial charge in [0.1, 0.15) is 11.4 Å². The van der Waals surface area contributed by atoms with Crippen molar-refractivity contribution in [3.8, 4) is 5.75 Å². The maximum atomic E-state index is 13.2. The Morgan fingerprint density at radius 2 is 2.00 bits per heavy atom. The first-order chi connectivity index (χ1) is 15.0. The number of aromatic nitrogens is 2. The van der Waals surface area contributed by atoms with Crippen molar-refractivity contribution in [1.29, 1.82) is 0 Å². The number of nitrogens with two attached hydrogens (primary N) is 1. The zero-order chi connectivity index (χ0) is 22.0. The van der Waals surface area contributed by atoms with E-state index in [2.05, 4.69) is 4.98 Å². The van der Waals surface area contributed by atoms with Crippen LogP contribution in [0.3, 0.4) is 0 Å². The number of benzene rings is 1. The molecule has 2 N–H and O–H groups in total. The van der Waals surface area contributed by atoms with Crippen molar-refractivity contribution in [3.05, 3.63) is 65.6 Å². The molecule has 3 heterocycles. The number of carbonyl (C=O) groups excluding carboxylic acids is 2. The average Bonchev–Trinajstić information content (AvgIpc) is 3.20. The van der Waals surface area contributed by atoms with Crippen LogP contribution in [0.2, 0.25) is 0 Å². The van der Waals surface area contributed by atoms with E-state index in [4.69, 9.17) is 10.5 Å². The van der Waals surface area contributed by atoms with Crippen molar-refractivity contribution < 1.29 is 14.3 Å². The minimum Gasteiger partial charge on any atom is -0.497 e. The highest BCUT2D eigenvalue weighted by atomic mass is 16.5. The summed E-state index contributed by atoms with van der Waals surface area (Å²) in [7, 11) is 1.64. The van der Waals surface area contributed by atoms with Gasteiger partial charge >= 0.3 is 0 Å². The van der Waals surface area contributed by atoms with E-state index in [-0.39, 0.29) is 23.7 Å². The number of methoxy groups -OCH3 is 1. The molecule has 0 spiro atoms. The molecule has 0 saturated carbocycles. The first kappa shape index (κ1) is 20.9. The van der Waals surface area contributed by atoms with Crippen LogP contribution >= 0.6 is 0 Å². The van der Waals surface area contributed by atoms with E-state index in [1.807, 2.05) is 65.0 Å². The van der Waals surface area contributed by atoms with Gasteiger partial charge in [0.2, 0.25) is 11.8 Å². The van der Waals surface area contributed by atoms with Gasteiger partial charge in [-0.05, 0) is 55.2 Å². The Bertz CT molecular complexity index is 1100. The molecule has 1 aromatic carbocycles. The molecule has 0 radical (unpaired) electrons. The van der Waals surface area contributed by atoms with E-state index < -0.39 is 0 Å². The number of primary amides is 1. The van der Waals surface area contributed by atoms with Crippen LogP contribution < -0.4 is 10.5 Å². The highest BCUT2D eigenvalue weighted by Gasteiger charge is 2.29. The van der Waals surface area contributed by atoms with Gasteiger partial charge in [-0.3, -0.25) is 9.59 Å². The number of piperidine rings is 1. The van der Waals surface area contributed by atoms with Crippen LogP contribution in [0.1, 0.15) is 42.0 Å². The molecule has 162 valence electrons. The molecule has 2 amide bonds. The van der Waals surface area contributed by atoms with Crippen LogP contribution in [0, 0.1) is 12.8 Å². The monoisotopic (exact) mass is 420 g/mol. The third-order valence-electron chi connectivity index (χ3n) is 6.18. The first-order valence-electron chi connectivity index (χ1n) is 10.6. The van der Waals surface area contributed by atoms with Crippen molar-refractivity contribution in [3.63, 3.8) is 0 Å². The fourth-order valence-corrected chi connectivity index (χ4v) is 4.33. The number of likely N-dealkylation sites (tertiary alicyclic amines) is 1. The van der Waals surface area contributed by atoms with Crippen molar-refractivity contribution in [2.24, 2.45) is 11.7 Å². The van der Waals surface area contributed by atoms with Crippen molar-refractivity contribution in [2.45, 2.75) is 32.1 Å². The van der Waals surface area contributed by atoms with Crippen molar-refractivity contribution >= 4 is 17.5 Å². The lowest BCUT2D eigenvalue weighted by Crippen LogP contribution is -2.42. The molecular formula is C24H28N4O3. The highest BCUT2D eigenvalue weighted by Crippen LogP contribution is 2.32. The van der Waals surface area contributed by atoms with Gasteiger partial charge in [0.15, 0.2) is 0 Å². The summed E-state index contributed by atoms with van der Waals surface area (Å²) in [6, 6.07) is 11.9. The fourth-order valence-electron chi connectivity index (χ4n) is 4.33. The van der Waals surface area contributed by atoms with E-state index in [0.717, 1.165) is 28.2 Å². The number of ether oxygens (including phenoxy) is 1. The Balaban J connectivity index is 1.64. The number of hydrogen-bond acceptors (Lipinski definition) is 4. The fraction of sp³-hybridized carbons (Fsp3) is 0.375. The lowest BCUT2D eigenvalue weighted by atomic mass is 9.90. The zero-order valence-electron chi connectivity index (χ0n) is 18.0. The second-order valence-electron chi connectivity index (χ2n) is 8.21. The molecule has 4 rings (SSSR count). The van der Waals surface area contributed by atoms with E-state index in [0.29, 0.717) is 32.4 Å². The molecule has 0 aliphatic carbocycles. The summed E-state index contributed by atoms with van der Waals surface area (Å²) >= 11 is 0. The Hall–Kier alpha value is -3.35. The third kappa shape index (κ3) is 4.40. The van der Waals surface area contributed by atoms with Gasteiger partial charge in [-0.15, -0.1) is 0 Å². The molecule has 1 aliphatic rings. The lowest BCUT2D eigenvalue weighted by Gasteiger charge is -2.31. The summed E-state index contributed by atoms with van der Waals surface area (Å²) < 4.78 is 7.46. The van der Waals surface area contributed by atoms with Gasteiger partial charge < -0.3 is 19.8 Å². The molecule has 3 aromatic rings. The summed E-state index contributed by atoms with van der Waals surface area (Å²) in [6.07, 6.45) is 5.42. The standard InChI is InChI=1S/C24H28N4O3/c1-16-6-11-28-21(15-26-22(28)12-16)20(18-4-3-5-19(13-18)31-2)14-23(29)27-9-7-17(8-10-27)24(25)30/h3-6,11-13,15,17,20H,7-10,14H2,1-2H3,(H2,25,30). The second-order valence-corrected chi connectivity index (χ2v) is 8.21. The lowest BCUT2D eigenvalue weighted by molar-refractivity contribution is -0.135. The smallest absolute Gasteiger partial charge is 0.223 e. The molecule has 1 unspecified atom stereocenters. The van der Waals surface area contributed by atoms with Gasteiger partial charge in [-0.25, -0.2) is 4.98 Å². The Kier molecular flexibility index (Phi) is 5.93. The number of pyridine rings is 1. The maximum Gasteiger partial charge on any atom is 0.223 e. The number of rotatable bonds is 6. The summed E-state index contributed by atoms with van der Waals surface area (Å²) in [5.41, 5.74) is 9.39. The van der Waals surface area contributed by atoms with E-state index in [9.17, 15) is 9.59 Å². The number of nitrogens with zero attached hydrogens (tertiary/aromatic N) is 3. The molecule has 1 aliphatic heterocycles. The van der Waals surface area contributed by atoms with Crippen LogP contribution in [-0.2, 0) is 9.59 Å². The quantitative estimate of drug-likeness (QED) is 0.664. The third-order valence-corrected chi connectivity index (χ3v) is 6.18. The summed E-state index contributed by atoms with van der Waals surface area (Å²) in [6.45, 7) is 3.15. The second kappa shape index (κ2) is 8.79. The van der Waals surface area contributed by atoms with E-state index >= 15 is 0 Å². The highest BCUT2D eigenvalue weighted by molar-refractivity contribution is 5.79. The topological polar surface area (TPSA) is 89.9 Å². The molecule has 1 saturated heterocycles. The molecule has 2 aromatic heterocycles. The van der Waals surface area contributed by atoms with E-state index in [1.54, 1.807) is 7.11 Å². The van der Waals surface area contributed by atoms with Gasteiger partial charge in [-0.1, -0.05) is 12.1 Å². The van der Waals surface area contributed by atoms with Crippen LogP contribution in [0.4, 0.5) is 0 Å². The predicted molar refractivity (Wildman–Crippen MR) is 118 cm³/mol. The van der Waals surface area contributed by atoms with Crippen molar-refractivity contribution in [1.82, 2.24) is 14.3 Å². The molecular weight excluding hydrogens is 392 g/mol. The van der Waals surface area contributed by atoms with Crippen LogP contribution in [-0.4, -0.2) is 46.3 Å². The van der Waals surface area contributed by atoms with Gasteiger partial charge in [0, 0.05) is 43.7 Å². The molecule has 1 fully saturated rings. The van der Waals surface area contributed by atoms with Crippen LogP contribution in [0.15, 0.2) is 48.8 Å².